The van der Waals surface area contributed by atoms with Crippen LogP contribution < -0.4 is 5.32 Å². The molecule has 1 aromatic heterocycles. The molecule has 1 saturated heterocycles. The largest absolute Gasteiger partial charge is 0.342 e. The summed E-state index contributed by atoms with van der Waals surface area (Å²) in [5.41, 5.74) is 2.23. The minimum absolute atomic E-state index is 0.0658. The monoisotopic (exact) mass is 427 g/mol. The lowest BCUT2D eigenvalue weighted by atomic mass is 9.88. The Bertz CT molecular complexity index is 984. The number of carbonyl (C=O) groups is 1. The highest BCUT2D eigenvalue weighted by molar-refractivity contribution is 7.88. The molecule has 2 fully saturated rings. The number of aromatic nitrogens is 1. The van der Waals surface area contributed by atoms with Gasteiger partial charge < -0.3 is 5.32 Å². The van der Waals surface area contributed by atoms with E-state index in [1.165, 1.54) is 10.6 Å². The average molecular weight is 428 g/mol. The maximum atomic E-state index is 13.0. The lowest BCUT2D eigenvalue weighted by Crippen LogP contribution is -2.43. The van der Waals surface area contributed by atoms with Crippen molar-refractivity contribution >= 4 is 15.9 Å². The Morgan fingerprint density at radius 2 is 1.83 bits per heavy atom. The quantitative estimate of drug-likeness (QED) is 0.793. The summed E-state index contributed by atoms with van der Waals surface area (Å²) in [6.45, 7) is 1.02. The van der Waals surface area contributed by atoms with Crippen LogP contribution in [0, 0.1) is 0 Å². The van der Waals surface area contributed by atoms with E-state index in [0.29, 0.717) is 18.7 Å². The molecule has 30 heavy (non-hydrogen) atoms. The lowest BCUT2D eigenvalue weighted by molar-refractivity contribution is 0.0897. The van der Waals surface area contributed by atoms with Gasteiger partial charge in [0.1, 0.15) is 0 Å². The molecule has 6 nitrogen and oxygen atoms in total. The number of rotatable bonds is 5. The third kappa shape index (κ3) is 4.42. The number of amides is 1. The van der Waals surface area contributed by atoms with E-state index in [2.05, 4.69) is 22.4 Å². The maximum Gasteiger partial charge on any atom is 0.253 e. The molecule has 1 aromatic carbocycles. The second-order valence-electron chi connectivity index (χ2n) is 8.54. The van der Waals surface area contributed by atoms with E-state index in [1.807, 2.05) is 30.3 Å². The summed E-state index contributed by atoms with van der Waals surface area (Å²) in [7, 11) is -3.19. The topological polar surface area (TPSA) is 79.4 Å². The van der Waals surface area contributed by atoms with Crippen molar-refractivity contribution in [1.82, 2.24) is 14.6 Å². The molecule has 1 aliphatic carbocycles. The highest BCUT2D eigenvalue weighted by atomic mass is 32.2. The molecule has 1 amide bonds. The third-order valence-electron chi connectivity index (χ3n) is 6.46. The molecule has 7 heteroatoms. The fraction of sp³-hybridized carbons (Fsp3) is 0.478. The second kappa shape index (κ2) is 8.47. The van der Waals surface area contributed by atoms with Crippen molar-refractivity contribution in [2.75, 3.05) is 19.3 Å². The van der Waals surface area contributed by atoms with E-state index in [1.54, 1.807) is 6.20 Å². The number of nitrogens with one attached hydrogen (secondary N) is 1. The Hall–Kier alpha value is -2.25. The van der Waals surface area contributed by atoms with Crippen LogP contribution in [-0.2, 0) is 15.6 Å². The summed E-state index contributed by atoms with van der Waals surface area (Å²) in [6, 6.07) is 13.9. The standard InChI is InChI=1S/C23H29N3O3S/c1-30(28,29)26-15-7-8-19(17-26)21-12-11-18(16-24-21)22(27)25-23(13-5-6-14-23)20-9-3-2-4-10-20/h2-4,9-12,16,19H,5-8,13-15,17H2,1H3,(H,25,27)/t19-/m1/s1. The van der Waals surface area contributed by atoms with Gasteiger partial charge in [0, 0.05) is 30.9 Å². The van der Waals surface area contributed by atoms with Crippen molar-refractivity contribution in [2.45, 2.75) is 50.0 Å². The molecule has 2 aliphatic rings. The molecule has 2 heterocycles. The minimum Gasteiger partial charge on any atom is -0.342 e. The first-order valence-electron chi connectivity index (χ1n) is 10.7. The van der Waals surface area contributed by atoms with E-state index < -0.39 is 10.0 Å². The fourth-order valence-electron chi connectivity index (χ4n) is 4.78. The number of piperidine rings is 1. The molecule has 0 bridgehead atoms. The molecule has 1 saturated carbocycles. The second-order valence-corrected chi connectivity index (χ2v) is 10.5. The molecular weight excluding hydrogens is 398 g/mol. The van der Waals surface area contributed by atoms with E-state index in [9.17, 15) is 13.2 Å². The zero-order chi connectivity index (χ0) is 21.2. The van der Waals surface area contributed by atoms with Gasteiger partial charge in [0.05, 0.1) is 17.4 Å². The van der Waals surface area contributed by atoms with Gasteiger partial charge in [0.2, 0.25) is 10.0 Å². The van der Waals surface area contributed by atoms with Gasteiger partial charge in [-0.3, -0.25) is 9.78 Å². The number of carbonyl (C=O) groups excluding carboxylic acids is 1. The molecule has 1 atom stereocenters. The van der Waals surface area contributed by atoms with E-state index in [-0.39, 0.29) is 17.4 Å². The minimum atomic E-state index is -3.19. The van der Waals surface area contributed by atoms with Crippen LogP contribution in [0.5, 0.6) is 0 Å². The van der Waals surface area contributed by atoms with Crippen molar-refractivity contribution < 1.29 is 13.2 Å². The SMILES string of the molecule is CS(=O)(=O)N1CCC[C@@H](c2ccc(C(=O)NC3(c4ccccc4)CCCC3)cn2)C1. The molecular formula is C23H29N3O3S. The van der Waals surface area contributed by atoms with Crippen LogP contribution in [0.4, 0.5) is 0 Å². The number of pyridine rings is 1. The molecule has 4 rings (SSSR count). The predicted molar refractivity (Wildman–Crippen MR) is 117 cm³/mol. The normalized spacial score (nSPS) is 22.0. The van der Waals surface area contributed by atoms with Crippen LogP contribution >= 0.6 is 0 Å². The number of hydrogen-bond donors (Lipinski definition) is 1. The van der Waals surface area contributed by atoms with Crippen molar-refractivity contribution in [2.24, 2.45) is 0 Å². The van der Waals surface area contributed by atoms with Gasteiger partial charge >= 0.3 is 0 Å². The zero-order valence-electron chi connectivity index (χ0n) is 17.4. The number of hydrogen-bond acceptors (Lipinski definition) is 4. The molecule has 160 valence electrons. The summed E-state index contributed by atoms with van der Waals surface area (Å²) in [4.78, 5) is 17.5. The Labute approximate surface area is 178 Å². The van der Waals surface area contributed by atoms with E-state index in [4.69, 9.17) is 0 Å². The van der Waals surface area contributed by atoms with Crippen LogP contribution in [-0.4, -0.2) is 43.0 Å². The lowest BCUT2D eigenvalue weighted by Gasteiger charge is -2.31. The van der Waals surface area contributed by atoms with Gasteiger partial charge in [-0.1, -0.05) is 43.2 Å². The van der Waals surface area contributed by atoms with E-state index >= 15 is 0 Å². The number of sulfonamides is 1. The van der Waals surface area contributed by atoms with Crippen molar-refractivity contribution in [1.29, 1.82) is 0 Å². The summed E-state index contributed by atoms with van der Waals surface area (Å²) < 4.78 is 25.3. The summed E-state index contributed by atoms with van der Waals surface area (Å²) >= 11 is 0. The van der Waals surface area contributed by atoms with Gasteiger partial charge in [-0.05, 0) is 43.4 Å². The molecule has 0 spiro atoms. The average Bonchev–Trinajstić information content (AvgIpc) is 3.24. The molecule has 0 unspecified atom stereocenters. The van der Waals surface area contributed by atoms with Crippen molar-refractivity contribution in [3.05, 3.63) is 65.5 Å². The van der Waals surface area contributed by atoms with Crippen LogP contribution in [0.2, 0.25) is 0 Å². The number of benzene rings is 1. The Morgan fingerprint density at radius 1 is 1.10 bits per heavy atom. The smallest absolute Gasteiger partial charge is 0.253 e. The van der Waals surface area contributed by atoms with Gasteiger partial charge in [-0.2, -0.15) is 0 Å². The van der Waals surface area contributed by atoms with E-state index in [0.717, 1.165) is 49.8 Å². The van der Waals surface area contributed by atoms with Crippen LogP contribution in [0.15, 0.2) is 48.7 Å². The van der Waals surface area contributed by atoms with Crippen LogP contribution in [0.1, 0.15) is 66.1 Å². The highest BCUT2D eigenvalue weighted by Gasteiger charge is 2.37. The van der Waals surface area contributed by atoms with Gasteiger partial charge in [0.15, 0.2) is 0 Å². The Kier molecular flexibility index (Phi) is 5.93. The predicted octanol–water partition coefficient (Wildman–Crippen LogP) is 3.42. The summed E-state index contributed by atoms with van der Waals surface area (Å²) in [5.74, 6) is -0.0442. The first kappa shape index (κ1) is 21.0. The molecule has 1 aliphatic heterocycles. The van der Waals surface area contributed by atoms with Gasteiger partial charge in [-0.25, -0.2) is 12.7 Å². The van der Waals surface area contributed by atoms with Gasteiger partial charge in [-0.15, -0.1) is 0 Å². The number of nitrogens with zero attached hydrogens (tertiary/aromatic N) is 2. The first-order valence-corrected chi connectivity index (χ1v) is 12.5. The zero-order valence-corrected chi connectivity index (χ0v) is 18.2. The van der Waals surface area contributed by atoms with Crippen LogP contribution in [0.3, 0.4) is 0 Å². The first-order chi connectivity index (χ1) is 14.4. The Balaban J connectivity index is 1.48. The highest BCUT2D eigenvalue weighted by Crippen LogP contribution is 2.39. The van der Waals surface area contributed by atoms with Crippen molar-refractivity contribution in [3.63, 3.8) is 0 Å². The molecule has 0 radical (unpaired) electrons. The van der Waals surface area contributed by atoms with Crippen molar-refractivity contribution in [3.8, 4) is 0 Å². The maximum absolute atomic E-state index is 13.0. The summed E-state index contributed by atoms with van der Waals surface area (Å²) in [5, 5.41) is 3.28. The third-order valence-corrected chi connectivity index (χ3v) is 7.73. The van der Waals surface area contributed by atoms with Gasteiger partial charge in [0.25, 0.3) is 5.91 Å². The fourth-order valence-corrected chi connectivity index (χ4v) is 5.69. The Morgan fingerprint density at radius 3 is 2.47 bits per heavy atom. The van der Waals surface area contributed by atoms with Crippen LogP contribution in [0.25, 0.3) is 0 Å². The summed E-state index contributed by atoms with van der Waals surface area (Å²) in [6.07, 6.45) is 8.69. The molecule has 2 aromatic rings. The molecule has 1 N–H and O–H groups in total.